The molecule has 0 aromatic heterocycles. The summed E-state index contributed by atoms with van der Waals surface area (Å²) in [4.78, 5) is 14.8. The first-order valence-corrected chi connectivity index (χ1v) is 10.7. The average molecular weight is 404 g/mol. The lowest BCUT2D eigenvalue weighted by molar-refractivity contribution is 0.102. The number of nitrogens with one attached hydrogen (secondary N) is 2. The maximum Gasteiger partial charge on any atom is 0.255 e. The number of benzene rings is 2. The smallest absolute Gasteiger partial charge is 0.255 e. The first-order valence-electron chi connectivity index (χ1n) is 9.22. The highest BCUT2D eigenvalue weighted by Gasteiger charge is 2.16. The lowest BCUT2D eigenvalue weighted by Crippen LogP contribution is -2.36. The van der Waals surface area contributed by atoms with E-state index in [9.17, 15) is 13.2 Å². The molecule has 0 spiro atoms. The van der Waals surface area contributed by atoms with Crippen molar-refractivity contribution >= 4 is 27.3 Å². The van der Waals surface area contributed by atoms with Gasteiger partial charge in [-0.1, -0.05) is 0 Å². The molecule has 28 heavy (non-hydrogen) atoms. The van der Waals surface area contributed by atoms with Gasteiger partial charge in [0.1, 0.15) is 0 Å². The second kappa shape index (κ2) is 8.72. The molecule has 1 aliphatic heterocycles. The van der Waals surface area contributed by atoms with Crippen LogP contribution < -0.4 is 14.9 Å². The fraction of sp³-hybridized carbons (Fsp3) is 0.350. The molecule has 0 aliphatic carbocycles. The highest BCUT2D eigenvalue weighted by molar-refractivity contribution is 7.89. The molecule has 150 valence electrons. The molecule has 2 N–H and O–H groups in total. The summed E-state index contributed by atoms with van der Waals surface area (Å²) in [5.41, 5.74) is 2.16. The molecule has 8 heteroatoms. The van der Waals surface area contributed by atoms with Crippen molar-refractivity contribution in [1.82, 2.24) is 4.72 Å². The SMILES string of the molecule is CC(C)NS(=O)(=O)c1ccc(C(=O)Nc2ccc(N3CCOCC3)cc2)cc1. The number of hydrogen-bond donors (Lipinski definition) is 2. The van der Waals surface area contributed by atoms with Crippen LogP contribution in [0.5, 0.6) is 0 Å². The van der Waals surface area contributed by atoms with Gasteiger partial charge in [0.05, 0.1) is 18.1 Å². The van der Waals surface area contributed by atoms with E-state index in [4.69, 9.17) is 4.74 Å². The molecule has 2 aromatic rings. The molecular weight excluding hydrogens is 378 g/mol. The fourth-order valence-electron chi connectivity index (χ4n) is 2.94. The third-order valence-electron chi connectivity index (χ3n) is 4.32. The van der Waals surface area contributed by atoms with Gasteiger partial charge < -0.3 is 15.0 Å². The summed E-state index contributed by atoms with van der Waals surface area (Å²) in [7, 11) is -3.57. The van der Waals surface area contributed by atoms with Crippen LogP contribution in [-0.2, 0) is 14.8 Å². The number of amides is 1. The average Bonchev–Trinajstić information content (AvgIpc) is 2.68. The van der Waals surface area contributed by atoms with Gasteiger partial charge in [-0.3, -0.25) is 4.79 Å². The van der Waals surface area contributed by atoms with Gasteiger partial charge in [-0.2, -0.15) is 0 Å². The molecule has 1 fully saturated rings. The molecule has 1 saturated heterocycles. The number of anilines is 2. The highest BCUT2D eigenvalue weighted by Crippen LogP contribution is 2.20. The van der Waals surface area contributed by atoms with Crippen molar-refractivity contribution in [3.8, 4) is 0 Å². The minimum Gasteiger partial charge on any atom is -0.378 e. The zero-order valence-corrected chi connectivity index (χ0v) is 16.8. The van der Waals surface area contributed by atoms with Crippen LogP contribution in [-0.4, -0.2) is 46.7 Å². The van der Waals surface area contributed by atoms with Crippen molar-refractivity contribution in [2.45, 2.75) is 24.8 Å². The standard InChI is InChI=1S/C20H25N3O4S/c1-15(2)22-28(25,26)19-9-3-16(4-10-19)20(24)21-17-5-7-18(8-6-17)23-11-13-27-14-12-23/h3-10,15,22H,11-14H2,1-2H3,(H,21,24). The second-order valence-corrected chi connectivity index (χ2v) is 8.61. The normalized spacial score (nSPS) is 14.9. The van der Waals surface area contributed by atoms with Crippen molar-refractivity contribution < 1.29 is 17.9 Å². The van der Waals surface area contributed by atoms with Crippen LogP contribution in [0, 0.1) is 0 Å². The molecule has 3 rings (SSSR count). The number of carbonyl (C=O) groups is 1. The fourth-order valence-corrected chi connectivity index (χ4v) is 4.20. The molecule has 0 radical (unpaired) electrons. The molecule has 0 atom stereocenters. The van der Waals surface area contributed by atoms with E-state index in [1.807, 2.05) is 24.3 Å². The summed E-state index contributed by atoms with van der Waals surface area (Å²) in [6.07, 6.45) is 0. The number of nitrogens with zero attached hydrogens (tertiary/aromatic N) is 1. The number of hydrogen-bond acceptors (Lipinski definition) is 5. The van der Waals surface area contributed by atoms with E-state index in [0.29, 0.717) is 11.3 Å². The van der Waals surface area contributed by atoms with Crippen LogP contribution in [0.1, 0.15) is 24.2 Å². The van der Waals surface area contributed by atoms with Gasteiger partial charge in [-0.05, 0) is 62.4 Å². The van der Waals surface area contributed by atoms with Crippen LogP contribution in [0.4, 0.5) is 11.4 Å². The van der Waals surface area contributed by atoms with Crippen molar-refractivity contribution in [2.75, 3.05) is 36.5 Å². The largest absolute Gasteiger partial charge is 0.378 e. The van der Waals surface area contributed by atoms with Crippen molar-refractivity contribution in [2.24, 2.45) is 0 Å². The Morgan fingerprint density at radius 1 is 1.00 bits per heavy atom. The maximum atomic E-state index is 12.4. The number of morpholine rings is 1. The first-order chi connectivity index (χ1) is 13.3. The van der Waals surface area contributed by atoms with Crippen LogP contribution in [0.2, 0.25) is 0 Å². The highest BCUT2D eigenvalue weighted by atomic mass is 32.2. The molecule has 0 saturated carbocycles. The molecular formula is C20H25N3O4S. The molecule has 1 aliphatic rings. The lowest BCUT2D eigenvalue weighted by atomic mass is 10.2. The molecule has 1 amide bonds. The van der Waals surface area contributed by atoms with Gasteiger partial charge in [0.15, 0.2) is 0 Å². The molecule has 7 nitrogen and oxygen atoms in total. The zero-order chi connectivity index (χ0) is 20.1. The topological polar surface area (TPSA) is 87.7 Å². The third kappa shape index (κ3) is 5.09. The van der Waals surface area contributed by atoms with Gasteiger partial charge in [0.25, 0.3) is 5.91 Å². The van der Waals surface area contributed by atoms with Crippen molar-refractivity contribution in [3.05, 3.63) is 54.1 Å². The molecule has 0 unspecified atom stereocenters. The zero-order valence-electron chi connectivity index (χ0n) is 16.0. The predicted molar refractivity (Wildman–Crippen MR) is 109 cm³/mol. The lowest BCUT2D eigenvalue weighted by Gasteiger charge is -2.28. The Balaban J connectivity index is 1.64. The van der Waals surface area contributed by atoms with Crippen molar-refractivity contribution in [1.29, 1.82) is 0 Å². The van der Waals surface area contributed by atoms with E-state index in [2.05, 4.69) is 14.9 Å². The summed E-state index contributed by atoms with van der Waals surface area (Å²) in [6, 6.07) is 13.3. The number of sulfonamides is 1. The van der Waals surface area contributed by atoms with Crippen LogP contribution in [0.3, 0.4) is 0 Å². The van der Waals surface area contributed by atoms with Gasteiger partial charge >= 0.3 is 0 Å². The van der Waals surface area contributed by atoms with Gasteiger partial charge in [-0.15, -0.1) is 0 Å². The Kier molecular flexibility index (Phi) is 6.33. The predicted octanol–water partition coefficient (Wildman–Crippen LogP) is 2.46. The third-order valence-corrected chi connectivity index (χ3v) is 5.99. The minimum atomic E-state index is -3.57. The van der Waals surface area contributed by atoms with E-state index >= 15 is 0 Å². The minimum absolute atomic E-state index is 0.132. The summed E-state index contributed by atoms with van der Waals surface area (Å²) in [5, 5.41) is 2.83. The van der Waals surface area contributed by atoms with Gasteiger partial charge in [0.2, 0.25) is 10.0 Å². The second-order valence-electron chi connectivity index (χ2n) is 6.90. The Morgan fingerprint density at radius 2 is 1.61 bits per heavy atom. The Bertz CT molecular complexity index is 903. The van der Waals surface area contributed by atoms with E-state index in [-0.39, 0.29) is 16.8 Å². The molecule has 2 aromatic carbocycles. The van der Waals surface area contributed by atoms with Crippen LogP contribution in [0.25, 0.3) is 0 Å². The number of rotatable bonds is 6. The monoisotopic (exact) mass is 403 g/mol. The van der Waals surface area contributed by atoms with Crippen molar-refractivity contribution in [3.63, 3.8) is 0 Å². The molecule has 0 bridgehead atoms. The Labute approximate surface area is 165 Å². The number of carbonyl (C=O) groups excluding carboxylic acids is 1. The molecule has 1 heterocycles. The summed E-state index contributed by atoms with van der Waals surface area (Å²) in [5.74, 6) is -0.292. The van der Waals surface area contributed by atoms with Gasteiger partial charge in [-0.25, -0.2) is 13.1 Å². The van der Waals surface area contributed by atoms with E-state index in [1.54, 1.807) is 13.8 Å². The number of ether oxygens (including phenoxy) is 1. The Morgan fingerprint density at radius 3 is 2.18 bits per heavy atom. The Hall–Kier alpha value is -2.42. The summed E-state index contributed by atoms with van der Waals surface area (Å²) in [6.45, 7) is 6.65. The van der Waals surface area contributed by atoms with E-state index in [1.165, 1.54) is 24.3 Å². The van der Waals surface area contributed by atoms with E-state index in [0.717, 1.165) is 32.0 Å². The maximum absolute atomic E-state index is 12.4. The summed E-state index contributed by atoms with van der Waals surface area (Å²) < 4.78 is 32.2. The van der Waals surface area contributed by atoms with Crippen LogP contribution >= 0.6 is 0 Å². The quantitative estimate of drug-likeness (QED) is 0.774. The van der Waals surface area contributed by atoms with Gasteiger partial charge in [0, 0.05) is 36.1 Å². The van der Waals surface area contributed by atoms with Crippen LogP contribution in [0.15, 0.2) is 53.4 Å². The first kappa shape index (κ1) is 20.3. The van der Waals surface area contributed by atoms with E-state index < -0.39 is 10.0 Å². The summed E-state index contributed by atoms with van der Waals surface area (Å²) >= 11 is 0.